The van der Waals surface area contributed by atoms with Crippen molar-refractivity contribution in [2.45, 2.75) is 20.4 Å². The van der Waals surface area contributed by atoms with Gasteiger partial charge in [-0.1, -0.05) is 41.6 Å². The monoisotopic (exact) mass is 438 g/mol. The highest BCUT2D eigenvalue weighted by Crippen LogP contribution is 2.32. The molecule has 0 saturated carbocycles. The Balaban J connectivity index is 2.03. The highest BCUT2D eigenvalue weighted by molar-refractivity contribution is 5.94. The number of amides is 1. The average molecular weight is 439 g/mol. The van der Waals surface area contributed by atoms with Gasteiger partial charge in [0.15, 0.2) is 0 Å². The zero-order valence-corrected chi connectivity index (χ0v) is 19.2. The number of halogens is 1. The van der Waals surface area contributed by atoms with E-state index in [1.807, 2.05) is 49.3 Å². The third-order valence-electron chi connectivity index (χ3n) is 5.39. The van der Waals surface area contributed by atoms with Crippen LogP contribution in [0.1, 0.15) is 29.8 Å². The van der Waals surface area contributed by atoms with Crippen molar-refractivity contribution in [3.8, 4) is 11.3 Å². The zero-order valence-electron chi connectivity index (χ0n) is 19.2. The van der Waals surface area contributed by atoms with Crippen molar-refractivity contribution in [3.05, 3.63) is 71.5 Å². The number of carbonyl (C=O) groups is 1. The molecule has 0 aliphatic heterocycles. The summed E-state index contributed by atoms with van der Waals surface area (Å²) in [7, 11) is 3.92. The summed E-state index contributed by atoms with van der Waals surface area (Å²) >= 11 is 0. The van der Waals surface area contributed by atoms with Crippen molar-refractivity contribution in [2.75, 3.05) is 45.2 Å². The van der Waals surface area contributed by atoms with Gasteiger partial charge in [0.2, 0.25) is 5.88 Å². The lowest BCUT2D eigenvalue weighted by atomic mass is 10.1. The minimum Gasteiger partial charge on any atom is -0.341 e. The van der Waals surface area contributed by atoms with E-state index < -0.39 is 5.82 Å². The average Bonchev–Trinajstić information content (AvgIpc) is 3.20. The topological polar surface area (TPSA) is 52.8 Å². The Morgan fingerprint density at radius 1 is 1.00 bits per heavy atom. The largest absolute Gasteiger partial charge is 0.341 e. The van der Waals surface area contributed by atoms with Crippen molar-refractivity contribution in [1.82, 2.24) is 15.0 Å². The third-order valence-corrected chi connectivity index (χ3v) is 5.39. The van der Waals surface area contributed by atoms with Gasteiger partial charge in [0.1, 0.15) is 11.5 Å². The molecule has 1 aromatic heterocycles. The second-order valence-corrected chi connectivity index (χ2v) is 7.89. The van der Waals surface area contributed by atoms with Gasteiger partial charge in [-0.05, 0) is 46.1 Å². The van der Waals surface area contributed by atoms with Crippen LogP contribution < -0.4 is 4.90 Å². The molecule has 0 spiro atoms. The van der Waals surface area contributed by atoms with Gasteiger partial charge in [-0.15, -0.1) is 0 Å². The van der Waals surface area contributed by atoms with Crippen LogP contribution in [0.3, 0.4) is 0 Å². The van der Waals surface area contributed by atoms with Gasteiger partial charge < -0.3 is 19.2 Å². The molecule has 0 bridgehead atoms. The molecule has 0 radical (unpaired) electrons. The fourth-order valence-corrected chi connectivity index (χ4v) is 3.59. The van der Waals surface area contributed by atoms with Crippen LogP contribution in [0.4, 0.5) is 10.3 Å². The lowest BCUT2D eigenvalue weighted by Gasteiger charge is -2.26. The smallest absolute Gasteiger partial charge is 0.254 e. The van der Waals surface area contributed by atoms with E-state index in [1.165, 1.54) is 12.1 Å². The molecule has 0 unspecified atom stereocenters. The van der Waals surface area contributed by atoms with E-state index in [0.29, 0.717) is 31.1 Å². The molecule has 0 saturated heterocycles. The fraction of sp³-hybridized carbons (Fsp3) is 0.360. The number of aromatic nitrogens is 1. The van der Waals surface area contributed by atoms with Crippen LogP contribution in [0.5, 0.6) is 0 Å². The van der Waals surface area contributed by atoms with E-state index in [-0.39, 0.29) is 5.91 Å². The molecule has 1 heterocycles. The van der Waals surface area contributed by atoms with Crippen LogP contribution in [0.15, 0.2) is 59.1 Å². The van der Waals surface area contributed by atoms with Gasteiger partial charge in [0.05, 0.1) is 12.1 Å². The van der Waals surface area contributed by atoms with E-state index in [0.717, 1.165) is 29.9 Å². The predicted molar refractivity (Wildman–Crippen MR) is 125 cm³/mol. The van der Waals surface area contributed by atoms with E-state index >= 15 is 0 Å². The molecular weight excluding hydrogens is 407 g/mol. The molecule has 6 nitrogen and oxygen atoms in total. The van der Waals surface area contributed by atoms with Crippen LogP contribution in [0.25, 0.3) is 11.3 Å². The summed E-state index contributed by atoms with van der Waals surface area (Å²) in [5.74, 6) is 0.00926. The standard InChI is InChI=1S/C25H31FN4O2/c1-5-29(6-2)25-22(23(27-32-25)19-11-8-7-9-12-19)18-30(16-15-28(3)4)24(31)20-13-10-14-21(26)17-20/h7-14,17H,5-6,15-16,18H2,1-4H3. The molecule has 0 fully saturated rings. The first kappa shape index (κ1) is 23.5. The second kappa shape index (κ2) is 10.9. The maximum absolute atomic E-state index is 13.8. The van der Waals surface area contributed by atoms with Gasteiger partial charge >= 0.3 is 0 Å². The highest BCUT2D eigenvalue weighted by Gasteiger charge is 2.26. The Hall–Kier alpha value is -3.19. The molecule has 7 heteroatoms. The van der Waals surface area contributed by atoms with E-state index in [2.05, 4.69) is 23.9 Å². The lowest BCUT2D eigenvalue weighted by Crippen LogP contribution is -2.37. The Morgan fingerprint density at radius 3 is 2.34 bits per heavy atom. The van der Waals surface area contributed by atoms with Gasteiger partial charge in [-0.3, -0.25) is 4.79 Å². The number of likely N-dealkylation sites (N-methyl/N-ethyl adjacent to an activating group) is 1. The highest BCUT2D eigenvalue weighted by atomic mass is 19.1. The normalized spacial score (nSPS) is 11.1. The Bertz CT molecular complexity index is 1020. The van der Waals surface area contributed by atoms with Crippen LogP contribution in [0.2, 0.25) is 0 Å². The summed E-state index contributed by atoms with van der Waals surface area (Å²) in [5, 5.41) is 4.37. The summed E-state index contributed by atoms with van der Waals surface area (Å²) < 4.78 is 19.6. The molecule has 0 atom stereocenters. The summed E-state index contributed by atoms with van der Waals surface area (Å²) in [6, 6.07) is 15.6. The molecule has 0 N–H and O–H groups in total. The Morgan fingerprint density at radius 2 is 1.72 bits per heavy atom. The first-order chi connectivity index (χ1) is 15.4. The maximum Gasteiger partial charge on any atom is 0.254 e. The number of anilines is 1. The van der Waals surface area contributed by atoms with Crippen molar-refractivity contribution in [1.29, 1.82) is 0 Å². The number of hydrogen-bond donors (Lipinski definition) is 0. The Labute approximate surface area is 189 Å². The first-order valence-corrected chi connectivity index (χ1v) is 10.9. The van der Waals surface area contributed by atoms with E-state index in [4.69, 9.17) is 4.52 Å². The minimum absolute atomic E-state index is 0.225. The van der Waals surface area contributed by atoms with E-state index in [9.17, 15) is 9.18 Å². The van der Waals surface area contributed by atoms with Crippen LogP contribution in [-0.4, -0.2) is 61.1 Å². The SMILES string of the molecule is CCN(CC)c1onc(-c2ccccc2)c1CN(CCN(C)C)C(=O)c1cccc(F)c1. The van der Waals surface area contributed by atoms with Crippen LogP contribution >= 0.6 is 0 Å². The van der Waals surface area contributed by atoms with Gasteiger partial charge in [0, 0.05) is 37.3 Å². The summed E-state index contributed by atoms with van der Waals surface area (Å²) in [6.45, 7) is 7.08. The lowest BCUT2D eigenvalue weighted by molar-refractivity contribution is 0.0732. The van der Waals surface area contributed by atoms with Crippen molar-refractivity contribution in [3.63, 3.8) is 0 Å². The number of carbonyl (C=O) groups excluding carboxylic acids is 1. The van der Waals surface area contributed by atoms with E-state index in [1.54, 1.807) is 17.0 Å². The summed E-state index contributed by atoms with van der Waals surface area (Å²) in [4.78, 5) is 19.2. The Kier molecular flexibility index (Phi) is 8.00. The van der Waals surface area contributed by atoms with Gasteiger partial charge in [0.25, 0.3) is 5.91 Å². The first-order valence-electron chi connectivity index (χ1n) is 10.9. The molecule has 0 aliphatic carbocycles. The van der Waals surface area contributed by atoms with Crippen molar-refractivity contribution < 1.29 is 13.7 Å². The van der Waals surface area contributed by atoms with Crippen LogP contribution in [-0.2, 0) is 6.54 Å². The molecule has 1 amide bonds. The molecule has 3 rings (SSSR count). The van der Waals surface area contributed by atoms with Crippen molar-refractivity contribution >= 4 is 11.8 Å². The number of hydrogen-bond acceptors (Lipinski definition) is 5. The fourth-order valence-electron chi connectivity index (χ4n) is 3.59. The summed E-state index contributed by atoms with van der Waals surface area (Å²) in [5.41, 5.74) is 2.82. The summed E-state index contributed by atoms with van der Waals surface area (Å²) in [6.07, 6.45) is 0. The van der Waals surface area contributed by atoms with Gasteiger partial charge in [-0.2, -0.15) is 0 Å². The predicted octanol–water partition coefficient (Wildman–Crippen LogP) is 4.53. The molecule has 3 aromatic rings. The molecule has 32 heavy (non-hydrogen) atoms. The number of rotatable bonds is 10. The number of nitrogens with zero attached hydrogens (tertiary/aromatic N) is 4. The molecule has 170 valence electrons. The number of benzene rings is 2. The zero-order chi connectivity index (χ0) is 23.1. The second-order valence-electron chi connectivity index (χ2n) is 7.89. The van der Waals surface area contributed by atoms with Crippen molar-refractivity contribution in [2.24, 2.45) is 0 Å². The third kappa shape index (κ3) is 5.53. The maximum atomic E-state index is 13.8. The molecule has 2 aromatic carbocycles. The quantitative estimate of drug-likeness (QED) is 0.466. The molecule has 0 aliphatic rings. The molecular formula is C25H31FN4O2. The minimum atomic E-state index is -0.429. The van der Waals surface area contributed by atoms with Gasteiger partial charge in [-0.25, -0.2) is 4.39 Å². The van der Waals surface area contributed by atoms with Crippen LogP contribution in [0, 0.1) is 5.82 Å².